The van der Waals surface area contributed by atoms with Crippen LogP contribution in [0.5, 0.6) is 0 Å². The Balaban J connectivity index is 0.00000361. The Morgan fingerprint density at radius 2 is 1.95 bits per heavy atom. The SMILES string of the molecule is CC(CN)C(=O)NCCNC(=O)c1cccc(Br)c1.Cl. The number of halogens is 2. The molecule has 7 heteroatoms. The van der Waals surface area contributed by atoms with E-state index in [-0.39, 0.29) is 30.1 Å². The van der Waals surface area contributed by atoms with Crippen LogP contribution in [0.25, 0.3) is 0 Å². The van der Waals surface area contributed by atoms with E-state index in [2.05, 4.69) is 26.6 Å². The number of benzene rings is 1. The topological polar surface area (TPSA) is 84.2 Å². The van der Waals surface area contributed by atoms with Crippen molar-refractivity contribution in [2.45, 2.75) is 6.92 Å². The van der Waals surface area contributed by atoms with Crippen molar-refractivity contribution >= 4 is 40.2 Å². The van der Waals surface area contributed by atoms with Crippen molar-refractivity contribution in [3.05, 3.63) is 34.3 Å². The van der Waals surface area contributed by atoms with E-state index in [0.29, 0.717) is 25.2 Å². The highest BCUT2D eigenvalue weighted by molar-refractivity contribution is 9.10. The van der Waals surface area contributed by atoms with Crippen LogP contribution < -0.4 is 16.4 Å². The maximum atomic E-state index is 11.8. The zero-order chi connectivity index (χ0) is 14.3. The molecule has 4 N–H and O–H groups in total. The largest absolute Gasteiger partial charge is 0.354 e. The lowest BCUT2D eigenvalue weighted by molar-refractivity contribution is -0.124. The highest BCUT2D eigenvalue weighted by atomic mass is 79.9. The number of hydrogen-bond acceptors (Lipinski definition) is 3. The summed E-state index contributed by atoms with van der Waals surface area (Å²) in [5, 5.41) is 5.44. The molecule has 0 aliphatic carbocycles. The molecule has 0 aliphatic rings. The maximum Gasteiger partial charge on any atom is 0.251 e. The van der Waals surface area contributed by atoms with Gasteiger partial charge in [-0.25, -0.2) is 0 Å². The molecule has 0 aromatic heterocycles. The second-order valence-electron chi connectivity index (χ2n) is 4.19. The number of carbonyl (C=O) groups is 2. The zero-order valence-electron chi connectivity index (χ0n) is 11.2. The van der Waals surface area contributed by atoms with Crippen molar-refractivity contribution in [2.24, 2.45) is 11.7 Å². The number of carbonyl (C=O) groups excluding carboxylic acids is 2. The van der Waals surface area contributed by atoms with Gasteiger partial charge < -0.3 is 16.4 Å². The third-order valence-corrected chi connectivity index (χ3v) is 3.09. The van der Waals surface area contributed by atoms with Gasteiger partial charge in [-0.15, -0.1) is 12.4 Å². The van der Waals surface area contributed by atoms with Crippen molar-refractivity contribution in [3.8, 4) is 0 Å². The van der Waals surface area contributed by atoms with Crippen LogP contribution in [0.4, 0.5) is 0 Å². The average molecular weight is 365 g/mol. The molecule has 0 bridgehead atoms. The monoisotopic (exact) mass is 363 g/mol. The number of amides is 2. The minimum Gasteiger partial charge on any atom is -0.354 e. The van der Waals surface area contributed by atoms with Crippen LogP contribution in [0.2, 0.25) is 0 Å². The van der Waals surface area contributed by atoms with Crippen LogP contribution in [0.3, 0.4) is 0 Å². The standard InChI is InChI=1S/C13H18BrN3O2.ClH/c1-9(8-15)12(18)16-5-6-17-13(19)10-3-2-4-11(14)7-10;/h2-4,7,9H,5-6,8,15H2,1H3,(H,16,18)(H,17,19);1H. The lowest BCUT2D eigenvalue weighted by Crippen LogP contribution is -2.38. The van der Waals surface area contributed by atoms with Crippen LogP contribution in [0.15, 0.2) is 28.7 Å². The molecule has 0 saturated heterocycles. The van der Waals surface area contributed by atoms with Crippen molar-refractivity contribution in [2.75, 3.05) is 19.6 Å². The lowest BCUT2D eigenvalue weighted by Gasteiger charge is -2.10. The smallest absolute Gasteiger partial charge is 0.251 e. The Bertz CT molecular complexity index is 457. The Labute approximate surface area is 133 Å². The highest BCUT2D eigenvalue weighted by Gasteiger charge is 2.10. The van der Waals surface area contributed by atoms with Gasteiger partial charge in [-0.3, -0.25) is 9.59 Å². The van der Waals surface area contributed by atoms with Crippen LogP contribution >= 0.6 is 28.3 Å². The van der Waals surface area contributed by atoms with Crippen molar-refractivity contribution in [3.63, 3.8) is 0 Å². The van der Waals surface area contributed by atoms with Gasteiger partial charge in [-0.1, -0.05) is 28.9 Å². The normalized spacial score (nSPS) is 11.2. The first kappa shape index (κ1) is 18.9. The van der Waals surface area contributed by atoms with Crippen LogP contribution in [0, 0.1) is 5.92 Å². The molecule has 0 radical (unpaired) electrons. The molecule has 0 saturated carbocycles. The van der Waals surface area contributed by atoms with E-state index in [1.165, 1.54) is 0 Å². The van der Waals surface area contributed by atoms with E-state index in [9.17, 15) is 9.59 Å². The molecule has 2 amide bonds. The fraction of sp³-hybridized carbons (Fsp3) is 0.385. The third kappa shape index (κ3) is 6.36. The molecule has 0 heterocycles. The fourth-order valence-corrected chi connectivity index (χ4v) is 1.77. The summed E-state index contributed by atoms with van der Waals surface area (Å²) in [6, 6.07) is 7.12. The van der Waals surface area contributed by atoms with Gasteiger partial charge in [-0.05, 0) is 18.2 Å². The van der Waals surface area contributed by atoms with Crippen LogP contribution in [-0.2, 0) is 4.79 Å². The summed E-state index contributed by atoms with van der Waals surface area (Å²) in [4.78, 5) is 23.2. The Morgan fingerprint density at radius 1 is 1.30 bits per heavy atom. The first-order valence-corrected chi connectivity index (χ1v) is 6.85. The fourth-order valence-electron chi connectivity index (χ4n) is 1.37. The minimum atomic E-state index is -0.208. The zero-order valence-corrected chi connectivity index (χ0v) is 13.6. The van der Waals surface area contributed by atoms with Crippen LogP contribution in [-0.4, -0.2) is 31.4 Å². The predicted octanol–water partition coefficient (Wildman–Crippen LogP) is 1.31. The van der Waals surface area contributed by atoms with E-state index >= 15 is 0 Å². The Hall–Kier alpha value is -1.11. The molecule has 1 aromatic carbocycles. The predicted molar refractivity (Wildman–Crippen MR) is 85.0 cm³/mol. The summed E-state index contributed by atoms with van der Waals surface area (Å²) in [6.45, 7) is 2.85. The maximum absolute atomic E-state index is 11.8. The second-order valence-corrected chi connectivity index (χ2v) is 5.11. The van der Waals surface area contributed by atoms with Crippen molar-refractivity contribution < 1.29 is 9.59 Å². The highest BCUT2D eigenvalue weighted by Crippen LogP contribution is 2.11. The van der Waals surface area contributed by atoms with Crippen molar-refractivity contribution in [1.29, 1.82) is 0 Å². The third-order valence-electron chi connectivity index (χ3n) is 2.60. The van der Waals surface area contributed by atoms with Gasteiger partial charge in [0.25, 0.3) is 5.91 Å². The first-order chi connectivity index (χ1) is 9.04. The number of nitrogens with one attached hydrogen (secondary N) is 2. The van der Waals surface area contributed by atoms with E-state index in [1.807, 2.05) is 6.07 Å². The summed E-state index contributed by atoms with van der Waals surface area (Å²) in [5.74, 6) is -0.470. The average Bonchev–Trinajstić information content (AvgIpc) is 2.42. The van der Waals surface area contributed by atoms with Gasteiger partial charge in [0.1, 0.15) is 0 Å². The van der Waals surface area contributed by atoms with Gasteiger partial charge >= 0.3 is 0 Å². The van der Waals surface area contributed by atoms with Gasteiger partial charge in [-0.2, -0.15) is 0 Å². The molecule has 1 unspecified atom stereocenters. The molecule has 1 atom stereocenters. The summed E-state index contributed by atoms with van der Waals surface area (Å²) >= 11 is 3.31. The number of nitrogens with two attached hydrogens (primary N) is 1. The van der Waals surface area contributed by atoms with Gasteiger partial charge in [0.05, 0.1) is 0 Å². The molecule has 0 spiro atoms. The minimum absolute atomic E-state index is 0. The summed E-state index contributed by atoms with van der Waals surface area (Å²) in [5.41, 5.74) is 5.96. The van der Waals surface area contributed by atoms with E-state index in [4.69, 9.17) is 5.73 Å². The number of hydrogen-bond donors (Lipinski definition) is 3. The molecule has 0 fully saturated rings. The van der Waals surface area contributed by atoms with E-state index in [0.717, 1.165) is 4.47 Å². The number of rotatable bonds is 6. The molecule has 5 nitrogen and oxygen atoms in total. The van der Waals surface area contributed by atoms with Gasteiger partial charge in [0.2, 0.25) is 5.91 Å². The Morgan fingerprint density at radius 3 is 2.55 bits per heavy atom. The van der Waals surface area contributed by atoms with Gasteiger partial charge in [0.15, 0.2) is 0 Å². The molecule has 112 valence electrons. The van der Waals surface area contributed by atoms with Crippen molar-refractivity contribution in [1.82, 2.24) is 10.6 Å². The quantitative estimate of drug-likeness (QED) is 0.666. The van der Waals surface area contributed by atoms with E-state index in [1.54, 1.807) is 25.1 Å². The molecular formula is C13H19BrClN3O2. The lowest BCUT2D eigenvalue weighted by atomic mass is 10.2. The summed E-state index contributed by atoms with van der Waals surface area (Å²) in [6.07, 6.45) is 0. The Kier molecular flexibility index (Phi) is 9.20. The van der Waals surface area contributed by atoms with E-state index < -0.39 is 0 Å². The molecular weight excluding hydrogens is 346 g/mol. The first-order valence-electron chi connectivity index (χ1n) is 6.06. The molecule has 0 aliphatic heterocycles. The molecule has 1 rings (SSSR count). The van der Waals surface area contributed by atoms with Crippen LogP contribution in [0.1, 0.15) is 17.3 Å². The van der Waals surface area contributed by atoms with Gasteiger partial charge in [0, 0.05) is 35.6 Å². The molecule has 20 heavy (non-hydrogen) atoms. The molecule has 1 aromatic rings. The summed E-state index contributed by atoms with van der Waals surface area (Å²) < 4.78 is 0.852. The summed E-state index contributed by atoms with van der Waals surface area (Å²) in [7, 11) is 0. The second kappa shape index (κ2) is 9.74.